The summed E-state index contributed by atoms with van der Waals surface area (Å²) in [6.07, 6.45) is 4.92. The number of allylic oxidation sites excluding steroid dienone is 1. The van der Waals surface area contributed by atoms with Gasteiger partial charge in [0.1, 0.15) is 17.7 Å². The van der Waals surface area contributed by atoms with E-state index in [4.69, 9.17) is 10.5 Å². The highest BCUT2D eigenvalue weighted by Gasteiger charge is 2.13. The van der Waals surface area contributed by atoms with Crippen LogP contribution in [0.4, 0.5) is 11.4 Å². The van der Waals surface area contributed by atoms with Crippen molar-refractivity contribution in [3.63, 3.8) is 0 Å². The van der Waals surface area contributed by atoms with Crippen LogP contribution in [0.25, 0.3) is 0 Å². The van der Waals surface area contributed by atoms with E-state index in [1.807, 2.05) is 0 Å². The molecule has 118 valence electrons. The highest BCUT2D eigenvalue weighted by molar-refractivity contribution is 5.92. The van der Waals surface area contributed by atoms with Crippen LogP contribution in [0.5, 0.6) is 0 Å². The van der Waals surface area contributed by atoms with Crippen molar-refractivity contribution in [3.05, 3.63) is 36.0 Å². The van der Waals surface area contributed by atoms with Crippen LogP contribution >= 0.6 is 0 Å². The molecule has 0 bridgehead atoms. The van der Waals surface area contributed by atoms with Crippen LogP contribution in [-0.4, -0.2) is 30.4 Å². The van der Waals surface area contributed by atoms with Gasteiger partial charge in [0.15, 0.2) is 0 Å². The molecule has 1 saturated heterocycles. The molecule has 0 spiro atoms. The van der Waals surface area contributed by atoms with Crippen molar-refractivity contribution in [1.29, 1.82) is 10.5 Å². The fourth-order valence-electron chi connectivity index (χ4n) is 2.42. The van der Waals surface area contributed by atoms with Crippen LogP contribution in [0.2, 0.25) is 0 Å². The van der Waals surface area contributed by atoms with Gasteiger partial charge >= 0.3 is 0 Å². The molecule has 1 fully saturated rings. The van der Waals surface area contributed by atoms with Gasteiger partial charge in [-0.1, -0.05) is 6.42 Å². The van der Waals surface area contributed by atoms with Crippen molar-refractivity contribution in [2.75, 3.05) is 30.3 Å². The summed E-state index contributed by atoms with van der Waals surface area (Å²) in [5, 5.41) is 23.0. The van der Waals surface area contributed by atoms with Gasteiger partial charge in [0.2, 0.25) is 5.91 Å². The number of hydrogen-bond donors (Lipinski definition) is 2. The predicted octanol–water partition coefficient (Wildman–Crippen LogP) is 2.45. The fourth-order valence-corrected chi connectivity index (χ4v) is 2.42. The number of hydrogen-bond acceptors (Lipinski definition) is 5. The number of piperidine rings is 1. The summed E-state index contributed by atoms with van der Waals surface area (Å²) < 4.78 is 0. The van der Waals surface area contributed by atoms with Crippen molar-refractivity contribution < 1.29 is 4.79 Å². The van der Waals surface area contributed by atoms with Gasteiger partial charge in [0.25, 0.3) is 0 Å². The number of likely N-dealkylation sites (tertiary alicyclic amines) is 1. The first-order valence-corrected chi connectivity index (χ1v) is 7.60. The van der Waals surface area contributed by atoms with Crippen LogP contribution in [0, 0.1) is 22.7 Å². The minimum absolute atomic E-state index is 0.00362. The molecule has 6 heteroatoms. The average molecular weight is 309 g/mol. The van der Waals surface area contributed by atoms with Gasteiger partial charge in [0.05, 0.1) is 6.54 Å². The van der Waals surface area contributed by atoms with Crippen LogP contribution < -0.4 is 10.6 Å². The quantitative estimate of drug-likeness (QED) is 0.815. The maximum Gasteiger partial charge on any atom is 0.238 e. The first-order chi connectivity index (χ1) is 11.2. The number of nitrogens with zero attached hydrogens (tertiary/aromatic N) is 3. The maximum absolute atomic E-state index is 12.0. The summed E-state index contributed by atoms with van der Waals surface area (Å²) in [5.74, 6) is -0.0104. The monoisotopic (exact) mass is 309 g/mol. The highest BCUT2D eigenvalue weighted by Crippen LogP contribution is 2.14. The SMILES string of the molecule is N#CC(C#N)=CNc1ccc(NC(=O)CN2CCCCC2)cc1. The number of carbonyl (C=O) groups excluding carboxylic acids is 1. The van der Waals surface area contributed by atoms with Crippen molar-refractivity contribution >= 4 is 17.3 Å². The Morgan fingerprint density at radius 1 is 1.09 bits per heavy atom. The Morgan fingerprint density at radius 2 is 1.70 bits per heavy atom. The van der Waals surface area contributed by atoms with Gasteiger partial charge in [-0.15, -0.1) is 0 Å². The van der Waals surface area contributed by atoms with E-state index in [0.29, 0.717) is 6.54 Å². The third kappa shape index (κ3) is 5.46. The Bertz CT molecular complexity index is 629. The van der Waals surface area contributed by atoms with E-state index in [9.17, 15) is 4.79 Å². The van der Waals surface area contributed by atoms with Gasteiger partial charge in [-0.05, 0) is 50.2 Å². The zero-order chi connectivity index (χ0) is 16.5. The van der Waals surface area contributed by atoms with Gasteiger partial charge in [-0.3, -0.25) is 9.69 Å². The summed E-state index contributed by atoms with van der Waals surface area (Å²) in [4.78, 5) is 14.2. The number of nitriles is 2. The molecule has 0 unspecified atom stereocenters. The molecule has 2 N–H and O–H groups in total. The van der Waals surface area contributed by atoms with Gasteiger partial charge in [0, 0.05) is 17.6 Å². The van der Waals surface area contributed by atoms with Crippen molar-refractivity contribution in [1.82, 2.24) is 4.90 Å². The lowest BCUT2D eigenvalue weighted by molar-refractivity contribution is -0.117. The van der Waals surface area contributed by atoms with Crippen LogP contribution in [-0.2, 0) is 4.79 Å². The highest BCUT2D eigenvalue weighted by atomic mass is 16.2. The zero-order valence-electron chi connectivity index (χ0n) is 12.9. The summed E-state index contributed by atoms with van der Waals surface area (Å²) >= 11 is 0. The lowest BCUT2D eigenvalue weighted by atomic mass is 10.1. The van der Waals surface area contributed by atoms with Gasteiger partial charge < -0.3 is 10.6 Å². The molecule has 23 heavy (non-hydrogen) atoms. The normalized spacial score (nSPS) is 14.2. The van der Waals surface area contributed by atoms with Gasteiger partial charge in [-0.2, -0.15) is 10.5 Å². The summed E-state index contributed by atoms with van der Waals surface area (Å²) in [6.45, 7) is 2.40. The number of rotatable bonds is 5. The van der Waals surface area contributed by atoms with Crippen LogP contribution in [0.3, 0.4) is 0 Å². The molecule has 0 aliphatic carbocycles. The minimum atomic E-state index is -0.0104. The van der Waals surface area contributed by atoms with Crippen molar-refractivity contribution in [2.45, 2.75) is 19.3 Å². The van der Waals surface area contributed by atoms with E-state index in [-0.39, 0.29) is 11.5 Å². The molecule has 1 aliphatic heterocycles. The molecule has 2 rings (SSSR count). The zero-order valence-corrected chi connectivity index (χ0v) is 12.9. The molecule has 1 amide bonds. The molecule has 6 nitrogen and oxygen atoms in total. The lowest BCUT2D eigenvalue weighted by Crippen LogP contribution is -2.36. The molecule has 0 radical (unpaired) electrons. The molecule has 1 aromatic rings. The largest absolute Gasteiger partial charge is 0.360 e. The minimum Gasteiger partial charge on any atom is -0.360 e. The first-order valence-electron chi connectivity index (χ1n) is 7.60. The molecule has 0 saturated carbocycles. The van der Waals surface area contributed by atoms with Crippen LogP contribution in [0.1, 0.15) is 19.3 Å². The number of carbonyl (C=O) groups is 1. The van der Waals surface area contributed by atoms with Gasteiger partial charge in [-0.25, -0.2) is 0 Å². The smallest absolute Gasteiger partial charge is 0.238 e. The Hall–Kier alpha value is -2.83. The number of anilines is 2. The molecule has 1 aliphatic rings. The number of benzene rings is 1. The second kappa shape index (κ2) is 8.57. The molecular weight excluding hydrogens is 290 g/mol. The van der Waals surface area contributed by atoms with E-state index < -0.39 is 0 Å². The summed E-state index contributed by atoms with van der Waals surface area (Å²) in [6, 6.07) is 10.7. The Labute approximate surface area is 136 Å². The summed E-state index contributed by atoms with van der Waals surface area (Å²) in [7, 11) is 0. The Balaban J connectivity index is 1.85. The molecule has 0 atom stereocenters. The number of amides is 1. The standard InChI is InChI=1S/C17H19N5O/c18-10-14(11-19)12-20-15-4-6-16(7-5-15)21-17(23)13-22-8-2-1-3-9-22/h4-7,12,20H,1-3,8-9,13H2,(H,21,23). The second-order valence-corrected chi connectivity index (χ2v) is 5.39. The lowest BCUT2D eigenvalue weighted by Gasteiger charge is -2.25. The topological polar surface area (TPSA) is 92.0 Å². The molecular formula is C17H19N5O. The van der Waals surface area contributed by atoms with E-state index >= 15 is 0 Å². The van der Waals surface area contributed by atoms with Crippen molar-refractivity contribution in [3.8, 4) is 12.1 Å². The third-order valence-electron chi connectivity index (χ3n) is 3.61. The number of nitrogens with one attached hydrogen (secondary N) is 2. The van der Waals surface area contributed by atoms with E-state index in [2.05, 4.69) is 15.5 Å². The summed E-state index contributed by atoms with van der Waals surface area (Å²) in [5.41, 5.74) is 1.47. The average Bonchev–Trinajstić information content (AvgIpc) is 2.58. The maximum atomic E-state index is 12.0. The van der Waals surface area contributed by atoms with Crippen molar-refractivity contribution in [2.24, 2.45) is 0 Å². The fraction of sp³-hybridized carbons (Fsp3) is 0.353. The third-order valence-corrected chi connectivity index (χ3v) is 3.61. The Kier molecular flexibility index (Phi) is 6.17. The Morgan fingerprint density at radius 3 is 2.30 bits per heavy atom. The predicted molar refractivity (Wildman–Crippen MR) is 88.3 cm³/mol. The second-order valence-electron chi connectivity index (χ2n) is 5.39. The van der Waals surface area contributed by atoms with E-state index in [0.717, 1.165) is 37.3 Å². The first kappa shape index (κ1) is 16.5. The van der Waals surface area contributed by atoms with Crippen LogP contribution in [0.15, 0.2) is 36.0 Å². The molecule has 0 aromatic heterocycles. The molecule has 1 heterocycles. The molecule has 1 aromatic carbocycles. The van der Waals surface area contributed by atoms with E-state index in [1.165, 1.54) is 12.6 Å². The van der Waals surface area contributed by atoms with E-state index in [1.54, 1.807) is 36.4 Å².